The van der Waals surface area contributed by atoms with Crippen LogP contribution in [0, 0.1) is 5.92 Å². The number of carbonyl (C=O) groups is 1. The molecule has 0 aromatic heterocycles. The van der Waals surface area contributed by atoms with E-state index in [1.165, 1.54) is 7.11 Å². The Labute approximate surface area is 59.3 Å². The largest absolute Gasteiger partial charge is 0.469 e. The van der Waals surface area contributed by atoms with Crippen molar-refractivity contribution < 1.29 is 14.3 Å². The van der Waals surface area contributed by atoms with Crippen molar-refractivity contribution in [1.82, 2.24) is 0 Å². The number of hydrogen-bond acceptors (Lipinski definition) is 4. The van der Waals surface area contributed by atoms with E-state index in [9.17, 15) is 4.79 Å². The normalized spacial score (nSPS) is 32.2. The smallest absolute Gasteiger partial charge is 0.312 e. The van der Waals surface area contributed by atoms with Crippen molar-refractivity contribution in [3.63, 3.8) is 0 Å². The maximum atomic E-state index is 10.8. The standard InChI is InChI=1S/C6H11NO3/c1-9-6(8)4-2-10-3-5(4)7/h4-5H,2-3,7H2,1H3/t4-,5+/m1/s1. The molecule has 2 atom stereocenters. The van der Waals surface area contributed by atoms with Crippen molar-refractivity contribution in [2.45, 2.75) is 6.04 Å². The van der Waals surface area contributed by atoms with E-state index in [0.717, 1.165) is 0 Å². The summed E-state index contributed by atoms with van der Waals surface area (Å²) in [6, 6.07) is -0.188. The Kier molecular flexibility index (Phi) is 2.24. The maximum Gasteiger partial charge on any atom is 0.312 e. The Bertz CT molecular complexity index is 137. The highest BCUT2D eigenvalue weighted by Crippen LogP contribution is 2.12. The second-order valence-electron chi connectivity index (χ2n) is 2.33. The highest BCUT2D eigenvalue weighted by molar-refractivity contribution is 5.73. The molecule has 0 bridgehead atoms. The first-order chi connectivity index (χ1) is 4.75. The van der Waals surface area contributed by atoms with Gasteiger partial charge in [-0.3, -0.25) is 4.79 Å². The summed E-state index contributed by atoms with van der Waals surface area (Å²) < 4.78 is 9.47. The molecule has 1 aliphatic rings. The van der Waals surface area contributed by atoms with Gasteiger partial charge >= 0.3 is 5.97 Å². The van der Waals surface area contributed by atoms with E-state index in [0.29, 0.717) is 13.2 Å². The molecule has 0 unspecified atom stereocenters. The van der Waals surface area contributed by atoms with Gasteiger partial charge in [0.25, 0.3) is 0 Å². The summed E-state index contributed by atoms with van der Waals surface area (Å²) in [6.07, 6.45) is 0. The van der Waals surface area contributed by atoms with Crippen molar-refractivity contribution >= 4 is 5.97 Å². The second-order valence-corrected chi connectivity index (χ2v) is 2.33. The summed E-state index contributed by atoms with van der Waals surface area (Å²) in [7, 11) is 1.35. The van der Waals surface area contributed by atoms with E-state index in [1.54, 1.807) is 0 Å². The van der Waals surface area contributed by atoms with Gasteiger partial charge in [0.15, 0.2) is 0 Å². The lowest BCUT2D eigenvalue weighted by molar-refractivity contribution is -0.145. The molecule has 0 spiro atoms. The Morgan fingerprint density at radius 1 is 1.70 bits per heavy atom. The predicted octanol–water partition coefficient (Wildman–Crippen LogP) is -0.867. The average Bonchev–Trinajstić information content (AvgIpc) is 2.34. The molecular weight excluding hydrogens is 134 g/mol. The van der Waals surface area contributed by atoms with Crippen LogP contribution >= 0.6 is 0 Å². The number of ether oxygens (including phenoxy) is 2. The molecule has 10 heavy (non-hydrogen) atoms. The van der Waals surface area contributed by atoms with Crippen LogP contribution in [-0.2, 0) is 14.3 Å². The molecule has 0 radical (unpaired) electrons. The van der Waals surface area contributed by atoms with Gasteiger partial charge in [0.1, 0.15) is 0 Å². The van der Waals surface area contributed by atoms with Crippen LogP contribution in [-0.4, -0.2) is 32.3 Å². The first-order valence-corrected chi connectivity index (χ1v) is 3.17. The predicted molar refractivity (Wildman–Crippen MR) is 34.3 cm³/mol. The highest BCUT2D eigenvalue weighted by atomic mass is 16.5. The molecule has 4 heteroatoms. The first kappa shape index (κ1) is 7.50. The molecule has 1 heterocycles. The topological polar surface area (TPSA) is 61.5 Å². The number of nitrogens with two attached hydrogens (primary N) is 1. The zero-order valence-corrected chi connectivity index (χ0v) is 5.87. The van der Waals surface area contributed by atoms with Gasteiger partial charge in [-0.1, -0.05) is 0 Å². The van der Waals surface area contributed by atoms with Crippen molar-refractivity contribution in [3.05, 3.63) is 0 Å². The van der Waals surface area contributed by atoms with Gasteiger partial charge in [0.2, 0.25) is 0 Å². The Morgan fingerprint density at radius 2 is 2.40 bits per heavy atom. The monoisotopic (exact) mass is 145 g/mol. The fourth-order valence-electron chi connectivity index (χ4n) is 0.965. The molecule has 0 aliphatic carbocycles. The van der Waals surface area contributed by atoms with Gasteiger partial charge in [-0.15, -0.1) is 0 Å². The summed E-state index contributed by atoms with van der Waals surface area (Å²) in [6.45, 7) is 0.855. The number of carbonyl (C=O) groups excluding carboxylic acids is 1. The van der Waals surface area contributed by atoms with Gasteiger partial charge in [-0.25, -0.2) is 0 Å². The van der Waals surface area contributed by atoms with Crippen LogP contribution in [0.3, 0.4) is 0 Å². The average molecular weight is 145 g/mol. The van der Waals surface area contributed by atoms with Gasteiger partial charge in [-0.05, 0) is 0 Å². The molecule has 2 N–H and O–H groups in total. The van der Waals surface area contributed by atoms with Crippen LogP contribution in [0.2, 0.25) is 0 Å². The van der Waals surface area contributed by atoms with E-state index in [2.05, 4.69) is 4.74 Å². The highest BCUT2D eigenvalue weighted by Gasteiger charge is 2.31. The maximum absolute atomic E-state index is 10.8. The molecule has 0 aromatic carbocycles. The van der Waals surface area contributed by atoms with Gasteiger partial charge in [0.05, 0.1) is 26.2 Å². The third-order valence-electron chi connectivity index (χ3n) is 1.63. The number of rotatable bonds is 1. The van der Waals surface area contributed by atoms with Gasteiger partial charge in [-0.2, -0.15) is 0 Å². The van der Waals surface area contributed by atoms with Crippen LogP contribution in [0.4, 0.5) is 0 Å². The fraction of sp³-hybridized carbons (Fsp3) is 0.833. The fourth-order valence-corrected chi connectivity index (χ4v) is 0.965. The van der Waals surface area contributed by atoms with Crippen molar-refractivity contribution in [1.29, 1.82) is 0 Å². The molecular formula is C6H11NO3. The summed E-state index contributed by atoms with van der Waals surface area (Å²) in [5.74, 6) is -0.532. The minimum Gasteiger partial charge on any atom is -0.469 e. The Balaban J connectivity index is 2.46. The van der Waals surface area contributed by atoms with E-state index < -0.39 is 0 Å². The Morgan fingerprint density at radius 3 is 2.80 bits per heavy atom. The lowest BCUT2D eigenvalue weighted by atomic mass is 10.1. The quantitative estimate of drug-likeness (QED) is 0.487. The lowest BCUT2D eigenvalue weighted by Gasteiger charge is -2.08. The third-order valence-corrected chi connectivity index (χ3v) is 1.63. The second kappa shape index (κ2) is 2.98. The number of esters is 1. The third kappa shape index (κ3) is 1.27. The summed E-state index contributed by atoms with van der Waals surface area (Å²) in [4.78, 5) is 10.8. The molecule has 1 rings (SSSR count). The minimum absolute atomic E-state index is 0.188. The summed E-state index contributed by atoms with van der Waals surface area (Å²) in [5.41, 5.74) is 5.53. The van der Waals surface area contributed by atoms with Crippen LogP contribution in [0.15, 0.2) is 0 Å². The first-order valence-electron chi connectivity index (χ1n) is 3.17. The molecule has 4 nitrogen and oxygen atoms in total. The van der Waals surface area contributed by atoms with E-state index >= 15 is 0 Å². The van der Waals surface area contributed by atoms with Crippen molar-refractivity contribution in [2.75, 3.05) is 20.3 Å². The Hall–Kier alpha value is -0.610. The van der Waals surface area contributed by atoms with Crippen molar-refractivity contribution in [3.8, 4) is 0 Å². The number of methoxy groups -OCH3 is 1. The molecule has 1 aliphatic heterocycles. The number of hydrogen-bond donors (Lipinski definition) is 1. The van der Waals surface area contributed by atoms with E-state index in [4.69, 9.17) is 10.5 Å². The van der Waals surface area contributed by atoms with Crippen LogP contribution in [0.1, 0.15) is 0 Å². The minimum atomic E-state index is -0.273. The SMILES string of the molecule is COC(=O)[C@@H]1COC[C@@H]1N. The van der Waals surface area contributed by atoms with Gasteiger partial charge < -0.3 is 15.2 Å². The lowest BCUT2D eigenvalue weighted by Crippen LogP contribution is -2.34. The van der Waals surface area contributed by atoms with E-state index in [1.807, 2.05) is 0 Å². The van der Waals surface area contributed by atoms with Gasteiger partial charge in [0, 0.05) is 6.04 Å². The summed E-state index contributed by atoms with van der Waals surface area (Å²) in [5, 5.41) is 0. The molecule has 1 saturated heterocycles. The zero-order chi connectivity index (χ0) is 7.56. The zero-order valence-electron chi connectivity index (χ0n) is 5.87. The van der Waals surface area contributed by atoms with Crippen molar-refractivity contribution in [2.24, 2.45) is 11.7 Å². The summed E-state index contributed by atoms with van der Waals surface area (Å²) >= 11 is 0. The molecule has 0 saturated carbocycles. The molecule has 0 amide bonds. The molecule has 1 fully saturated rings. The van der Waals surface area contributed by atoms with Crippen LogP contribution in [0.25, 0.3) is 0 Å². The van der Waals surface area contributed by atoms with E-state index in [-0.39, 0.29) is 17.9 Å². The van der Waals surface area contributed by atoms with Crippen LogP contribution in [0.5, 0.6) is 0 Å². The van der Waals surface area contributed by atoms with Crippen LogP contribution < -0.4 is 5.73 Å². The molecule has 0 aromatic rings. The molecule has 58 valence electrons.